The average Bonchev–Trinajstić information content (AvgIpc) is 2.34. The summed E-state index contributed by atoms with van der Waals surface area (Å²) in [6.45, 7) is 6.64. The van der Waals surface area contributed by atoms with Crippen molar-refractivity contribution in [3.05, 3.63) is 0 Å². The molecule has 1 saturated carbocycles. The van der Waals surface area contributed by atoms with Gasteiger partial charge in [-0.2, -0.15) is 0 Å². The zero-order valence-electron chi connectivity index (χ0n) is 8.64. The maximum atomic E-state index is 6.05. The first-order chi connectivity index (χ1) is 5.47. The van der Waals surface area contributed by atoms with Gasteiger partial charge in [0.1, 0.15) is 0 Å². The van der Waals surface area contributed by atoms with Gasteiger partial charge in [0.25, 0.3) is 0 Å². The molecule has 0 heterocycles. The fourth-order valence-corrected chi connectivity index (χ4v) is 3.22. The summed E-state index contributed by atoms with van der Waals surface area (Å²) < 4.78 is 11.5. The van der Waals surface area contributed by atoms with Gasteiger partial charge in [0.2, 0.25) is 0 Å². The molecule has 3 heteroatoms. The largest absolute Gasteiger partial charge is 0.391 e. The van der Waals surface area contributed by atoms with Gasteiger partial charge in [-0.3, -0.25) is 0 Å². The first-order valence-corrected chi connectivity index (χ1v) is 8.14. The molecule has 1 aliphatic carbocycles. The molecule has 0 unspecified atom stereocenters. The van der Waals surface area contributed by atoms with Crippen LogP contribution in [-0.2, 0) is 9.16 Å². The second-order valence-corrected chi connectivity index (χ2v) is 8.97. The van der Waals surface area contributed by atoms with Crippen molar-refractivity contribution in [2.45, 2.75) is 51.1 Å². The van der Waals surface area contributed by atoms with Crippen molar-refractivity contribution in [2.24, 2.45) is 0 Å². The molecule has 1 fully saturated rings. The molecule has 0 bridgehead atoms. The smallest absolute Gasteiger partial charge is 0.187 e. The number of ether oxygens (including phenoxy) is 1. The lowest BCUT2D eigenvalue weighted by Crippen LogP contribution is -2.42. The summed E-state index contributed by atoms with van der Waals surface area (Å²) in [6.07, 6.45) is 4.65. The summed E-state index contributed by atoms with van der Waals surface area (Å²) in [5, 5.41) is 0. The summed E-state index contributed by atoms with van der Waals surface area (Å²) in [5.41, 5.74) is 0. The van der Waals surface area contributed by atoms with E-state index in [2.05, 4.69) is 19.6 Å². The van der Waals surface area contributed by atoms with Gasteiger partial charge in [-0.05, 0) is 32.5 Å². The fraction of sp³-hybridized carbons (Fsp3) is 1.00. The first-order valence-electron chi connectivity index (χ1n) is 4.73. The Bertz CT molecular complexity index is 145. The van der Waals surface area contributed by atoms with Crippen LogP contribution in [0.1, 0.15) is 25.7 Å². The van der Waals surface area contributed by atoms with E-state index in [1.807, 2.05) is 0 Å². The molecular formula is C9H20O2Si. The van der Waals surface area contributed by atoms with Crippen LogP contribution in [0.15, 0.2) is 0 Å². The predicted octanol–water partition coefficient (Wildman–Crippen LogP) is 2.75. The molecular weight excluding hydrogens is 168 g/mol. The molecule has 0 aromatic carbocycles. The molecule has 0 aliphatic heterocycles. The standard InChI is InChI=1S/C9H20O2Si/c1-10-9(7-5-6-8-9)11-12(2,3)4/h5-8H2,1-4H3. The Morgan fingerprint density at radius 1 is 1.08 bits per heavy atom. The van der Waals surface area contributed by atoms with Crippen molar-refractivity contribution in [1.29, 1.82) is 0 Å². The van der Waals surface area contributed by atoms with E-state index >= 15 is 0 Å². The zero-order valence-corrected chi connectivity index (χ0v) is 9.64. The molecule has 2 nitrogen and oxygen atoms in total. The minimum atomic E-state index is -1.44. The minimum absolute atomic E-state index is 0.218. The summed E-state index contributed by atoms with van der Waals surface area (Å²) >= 11 is 0. The second kappa shape index (κ2) is 3.48. The van der Waals surface area contributed by atoms with Crippen LogP contribution in [-0.4, -0.2) is 21.2 Å². The summed E-state index contributed by atoms with van der Waals surface area (Å²) in [6, 6.07) is 0. The Kier molecular flexibility index (Phi) is 2.96. The van der Waals surface area contributed by atoms with Crippen molar-refractivity contribution < 1.29 is 9.16 Å². The van der Waals surface area contributed by atoms with Gasteiger partial charge in [0.05, 0.1) is 0 Å². The Labute approximate surface area is 76.4 Å². The second-order valence-electron chi connectivity index (χ2n) is 4.54. The molecule has 0 saturated heterocycles. The van der Waals surface area contributed by atoms with Crippen LogP contribution in [0.4, 0.5) is 0 Å². The Morgan fingerprint density at radius 3 is 1.92 bits per heavy atom. The van der Waals surface area contributed by atoms with Gasteiger partial charge in [-0.1, -0.05) is 0 Å². The van der Waals surface area contributed by atoms with E-state index in [4.69, 9.17) is 9.16 Å². The van der Waals surface area contributed by atoms with Gasteiger partial charge < -0.3 is 9.16 Å². The molecule has 72 valence electrons. The van der Waals surface area contributed by atoms with Crippen LogP contribution in [0.2, 0.25) is 19.6 Å². The van der Waals surface area contributed by atoms with E-state index in [9.17, 15) is 0 Å². The molecule has 0 aromatic heterocycles. The van der Waals surface area contributed by atoms with E-state index in [-0.39, 0.29) is 5.79 Å². The highest BCUT2D eigenvalue weighted by molar-refractivity contribution is 6.69. The van der Waals surface area contributed by atoms with Gasteiger partial charge in [-0.25, -0.2) is 0 Å². The lowest BCUT2D eigenvalue weighted by Gasteiger charge is -2.34. The number of rotatable bonds is 3. The highest BCUT2D eigenvalue weighted by Gasteiger charge is 2.38. The van der Waals surface area contributed by atoms with Crippen LogP contribution < -0.4 is 0 Å². The van der Waals surface area contributed by atoms with E-state index < -0.39 is 8.32 Å². The Balaban J connectivity index is 2.55. The normalized spacial score (nSPS) is 23.0. The van der Waals surface area contributed by atoms with Gasteiger partial charge in [0.15, 0.2) is 14.1 Å². The van der Waals surface area contributed by atoms with Crippen molar-refractivity contribution in [2.75, 3.05) is 7.11 Å². The van der Waals surface area contributed by atoms with Crippen LogP contribution >= 0.6 is 0 Å². The third-order valence-electron chi connectivity index (χ3n) is 2.23. The van der Waals surface area contributed by atoms with Crippen LogP contribution in [0.3, 0.4) is 0 Å². The topological polar surface area (TPSA) is 18.5 Å². The van der Waals surface area contributed by atoms with E-state index in [0.717, 1.165) is 12.8 Å². The Hall–Kier alpha value is 0.137. The summed E-state index contributed by atoms with van der Waals surface area (Å²) in [5.74, 6) is -0.218. The molecule has 0 radical (unpaired) electrons. The molecule has 0 N–H and O–H groups in total. The highest BCUT2D eigenvalue weighted by Crippen LogP contribution is 2.35. The van der Waals surface area contributed by atoms with E-state index in [1.165, 1.54) is 12.8 Å². The highest BCUT2D eigenvalue weighted by atomic mass is 28.4. The predicted molar refractivity (Wildman–Crippen MR) is 52.6 cm³/mol. The average molecular weight is 188 g/mol. The first kappa shape index (κ1) is 10.2. The fourth-order valence-electron chi connectivity index (χ4n) is 1.82. The number of hydrogen-bond acceptors (Lipinski definition) is 2. The molecule has 1 rings (SSSR count). The summed E-state index contributed by atoms with van der Waals surface area (Å²) in [7, 11) is 0.329. The maximum Gasteiger partial charge on any atom is 0.187 e. The zero-order chi connectivity index (χ0) is 9.24. The van der Waals surface area contributed by atoms with E-state index in [1.54, 1.807) is 7.11 Å². The van der Waals surface area contributed by atoms with Gasteiger partial charge >= 0.3 is 0 Å². The molecule has 0 atom stereocenters. The van der Waals surface area contributed by atoms with Crippen LogP contribution in [0.25, 0.3) is 0 Å². The third kappa shape index (κ3) is 2.57. The third-order valence-corrected chi connectivity index (χ3v) is 3.21. The number of methoxy groups -OCH3 is 1. The lowest BCUT2D eigenvalue weighted by atomic mass is 10.2. The van der Waals surface area contributed by atoms with Crippen LogP contribution in [0.5, 0.6) is 0 Å². The molecule has 0 aromatic rings. The molecule has 0 spiro atoms. The van der Waals surface area contributed by atoms with Crippen molar-refractivity contribution in [1.82, 2.24) is 0 Å². The van der Waals surface area contributed by atoms with Gasteiger partial charge in [0, 0.05) is 20.0 Å². The lowest BCUT2D eigenvalue weighted by molar-refractivity contribution is -0.163. The van der Waals surface area contributed by atoms with E-state index in [0.29, 0.717) is 0 Å². The summed E-state index contributed by atoms with van der Waals surface area (Å²) in [4.78, 5) is 0. The minimum Gasteiger partial charge on any atom is -0.391 e. The molecule has 12 heavy (non-hydrogen) atoms. The molecule has 0 amide bonds. The van der Waals surface area contributed by atoms with Crippen LogP contribution in [0, 0.1) is 0 Å². The maximum absolute atomic E-state index is 6.05. The monoisotopic (exact) mass is 188 g/mol. The van der Waals surface area contributed by atoms with Gasteiger partial charge in [-0.15, -0.1) is 0 Å². The SMILES string of the molecule is COC1(O[Si](C)(C)C)CCCC1. The Morgan fingerprint density at radius 2 is 1.58 bits per heavy atom. The van der Waals surface area contributed by atoms with Crippen molar-refractivity contribution in [3.8, 4) is 0 Å². The molecule has 1 aliphatic rings. The van der Waals surface area contributed by atoms with Crippen molar-refractivity contribution >= 4 is 8.32 Å². The van der Waals surface area contributed by atoms with Crippen molar-refractivity contribution in [3.63, 3.8) is 0 Å². The quantitative estimate of drug-likeness (QED) is 0.501. The number of hydrogen-bond donors (Lipinski definition) is 0.